The van der Waals surface area contributed by atoms with Gasteiger partial charge in [-0.2, -0.15) is 0 Å². The van der Waals surface area contributed by atoms with E-state index in [0.29, 0.717) is 23.2 Å². The lowest BCUT2D eigenvalue weighted by Crippen LogP contribution is -2.32. The lowest BCUT2D eigenvalue weighted by Gasteiger charge is -2.23. The van der Waals surface area contributed by atoms with Crippen molar-refractivity contribution in [1.82, 2.24) is 4.98 Å². The minimum Gasteiger partial charge on any atom is -0.463 e. The Hall–Kier alpha value is -1.70. The van der Waals surface area contributed by atoms with E-state index in [1.54, 1.807) is 19.3 Å². The molecule has 6 nitrogen and oxygen atoms in total. The van der Waals surface area contributed by atoms with Crippen LogP contribution in [0.5, 0.6) is 0 Å². The zero-order valence-corrected chi connectivity index (χ0v) is 13.8. The van der Waals surface area contributed by atoms with E-state index in [-0.39, 0.29) is 12.0 Å². The fourth-order valence-corrected chi connectivity index (χ4v) is 3.04. The van der Waals surface area contributed by atoms with E-state index in [0.717, 1.165) is 25.9 Å². The summed E-state index contributed by atoms with van der Waals surface area (Å²) in [6.07, 6.45) is 4.40. The molecule has 2 aromatic heterocycles. The summed E-state index contributed by atoms with van der Waals surface area (Å²) in [5.74, 6) is 0.474. The van der Waals surface area contributed by atoms with Gasteiger partial charge in [0.25, 0.3) is 5.91 Å². The summed E-state index contributed by atoms with van der Waals surface area (Å²) >= 11 is 1.36. The van der Waals surface area contributed by atoms with Crippen molar-refractivity contribution in [2.45, 2.75) is 38.4 Å². The fourth-order valence-electron chi connectivity index (χ4n) is 2.34. The molecule has 1 aliphatic heterocycles. The number of hydrogen-bond acceptors (Lipinski definition) is 6. The number of ether oxygens (including phenoxy) is 2. The molecule has 1 N–H and O–H groups in total. The molecule has 3 heterocycles. The summed E-state index contributed by atoms with van der Waals surface area (Å²) in [5.41, 5.74) is 0.708. The first-order valence-corrected chi connectivity index (χ1v) is 8.64. The maximum atomic E-state index is 12.1. The van der Waals surface area contributed by atoms with Crippen molar-refractivity contribution in [3.63, 3.8) is 0 Å². The summed E-state index contributed by atoms with van der Waals surface area (Å²) in [6.45, 7) is 2.96. The molecule has 0 unspecified atom stereocenters. The Labute approximate surface area is 138 Å². The Bertz CT molecular complexity index is 620. The predicted molar refractivity (Wildman–Crippen MR) is 87.5 cm³/mol. The highest BCUT2D eigenvalue weighted by molar-refractivity contribution is 7.14. The highest BCUT2D eigenvalue weighted by atomic mass is 32.1. The van der Waals surface area contributed by atoms with Gasteiger partial charge in [0, 0.05) is 12.0 Å². The molecule has 1 aliphatic rings. The lowest BCUT2D eigenvalue weighted by atomic mass is 10.1. The molecule has 2 aromatic rings. The largest absolute Gasteiger partial charge is 0.463 e. The second-order valence-corrected chi connectivity index (χ2v) is 6.33. The molecule has 2 atom stereocenters. The molecule has 23 heavy (non-hydrogen) atoms. The Morgan fingerprint density at radius 3 is 3.22 bits per heavy atom. The minimum atomic E-state index is -0.545. The molecule has 1 fully saturated rings. The van der Waals surface area contributed by atoms with Crippen LogP contribution in [0.15, 0.2) is 28.2 Å². The second kappa shape index (κ2) is 7.72. The van der Waals surface area contributed by atoms with Crippen molar-refractivity contribution >= 4 is 22.4 Å². The van der Waals surface area contributed by atoms with Crippen LogP contribution in [-0.2, 0) is 14.3 Å². The Morgan fingerprint density at radius 1 is 1.57 bits per heavy atom. The smallest absolute Gasteiger partial charge is 0.254 e. The number of aromatic nitrogens is 1. The van der Waals surface area contributed by atoms with Crippen molar-refractivity contribution < 1.29 is 18.7 Å². The van der Waals surface area contributed by atoms with Gasteiger partial charge in [0.1, 0.15) is 11.8 Å². The molecule has 0 aliphatic carbocycles. The van der Waals surface area contributed by atoms with Crippen LogP contribution in [0.3, 0.4) is 0 Å². The first kappa shape index (κ1) is 16.2. The highest BCUT2D eigenvalue weighted by Gasteiger charge is 2.20. The van der Waals surface area contributed by atoms with E-state index in [1.807, 2.05) is 11.4 Å². The number of anilines is 1. The quantitative estimate of drug-likeness (QED) is 0.876. The summed E-state index contributed by atoms with van der Waals surface area (Å²) in [6, 6.07) is 3.63. The third-order valence-electron chi connectivity index (χ3n) is 3.68. The molecular weight excluding hydrogens is 316 g/mol. The zero-order chi connectivity index (χ0) is 16.1. The first-order chi connectivity index (χ1) is 11.2. The topological polar surface area (TPSA) is 73.6 Å². The molecule has 0 aromatic carbocycles. The molecule has 0 radical (unpaired) electrons. The summed E-state index contributed by atoms with van der Waals surface area (Å²) in [7, 11) is 0. The van der Waals surface area contributed by atoms with E-state index in [2.05, 4.69) is 10.3 Å². The number of amides is 1. The number of carbonyl (C=O) groups is 1. The van der Waals surface area contributed by atoms with Gasteiger partial charge in [-0.3, -0.25) is 10.1 Å². The maximum absolute atomic E-state index is 12.1. The van der Waals surface area contributed by atoms with Gasteiger partial charge in [-0.25, -0.2) is 4.98 Å². The predicted octanol–water partition coefficient (Wildman–Crippen LogP) is 3.32. The molecule has 0 bridgehead atoms. The highest BCUT2D eigenvalue weighted by Crippen LogP contribution is 2.25. The van der Waals surface area contributed by atoms with Crippen LogP contribution in [0.4, 0.5) is 5.13 Å². The Morgan fingerprint density at radius 2 is 2.48 bits per heavy atom. The third kappa shape index (κ3) is 4.40. The average Bonchev–Trinajstić information content (AvgIpc) is 3.24. The van der Waals surface area contributed by atoms with Gasteiger partial charge in [0.15, 0.2) is 10.9 Å². The molecular formula is C16H20N2O4S. The second-order valence-electron chi connectivity index (χ2n) is 5.47. The van der Waals surface area contributed by atoms with Crippen LogP contribution >= 0.6 is 11.3 Å². The van der Waals surface area contributed by atoms with Crippen molar-refractivity contribution in [1.29, 1.82) is 0 Å². The van der Waals surface area contributed by atoms with Crippen LogP contribution in [0, 0.1) is 0 Å². The maximum Gasteiger partial charge on any atom is 0.254 e. The molecule has 7 heteroatoms. The number of carbonyl (C=O) groups excluding carboxylic acids is 1. The number of rotatable bonds is 6. The summed E-state index contributed by atoms with van der Waals surface area (Å²) in [4.78, 5) is 16.5. The monoisotopic (exact) mass is 336 g/mol. The fraction of sp³-hybridized carbons (Fsp3) is 0.500. The zero-order valence-electron chi connectivity index (χ0n) is 13.0. The number of nitrogens with one attached hydrogen (secondary N) is 1. The summed E-state index contributed by atoms with van der Waals surface area (Å²) in [5, 5.41) is 5.15. The Kier molecular flexibility index (Phi) is 5.43. The third-order valence-corrected chi connectivity index (χ3v) is 4.44. The van der Waals surface area contributed by atoms with Crippen molar-refractivity contribution in [3.8, 4) is 11.5 Å². The number of hydrogen-bond donors (Lipinski definition) is 1. The van der Waals surface area contributed by atoms with Crippen molar-refractivity contribution in [2.24, 2.45) is 0 Å². The summed E-state index contributed by atoms with van der Waals surface area (Å²) < 4.78 is 16.5. The van der Waals surface area contributed by atoms with Gasteiger partial charge < -0.3 is 13.9 Å². The van der Waals surface area contributed by atoms with E-state index in [9.17, 15) is 4.79 Å². The van der Waals surface area contributed by atoms with Gasteiger partial charge in [-0.05, 0) is 38.3 Å². The van der Waals surface area contributed by atoms with E-state index >= 15 is 0 Å². The Balaban J connectivity index is 1.48. The number of nitrogens with zero attached hydrogens (tertiary/aromatic N) is 1. The molecule has 1 amide bonds. The average molecular weight is 336 g/mol. The van der Waals surface area contributed by atoms with Crippen LogP contribution in [0.25, 0.3) is 11.5 Å². The van der Waals surface area contributed by atoms with Gasteiger partial charge in [0.2, 0.25) is 0 Å². The molecule has 124 valence electrons. The van der Waals surface area contributed by atoms with Gasteiger partial charge in [-0.15, -0.1) is 11.3 Å². The first-order valence-electron chi connectivity index (χ1n) is 7.76. The molecule has 0 spiro atoms. The van der Waals surface area contributed by atoms with Crippen LogP contribution in [0.1, 0.15) is 26.2 Å². The molecule has 1 saturated heterocycles. The molecule has 3 rings (SSSR count). The number of thiazole rings is 1. The van der Waals surface area contributed by atoms with Crippen molar-refractivity contribution in [2.75, 3.05) is 18.5 Å². The van der Waals surface area contributed by atoms with E-state index in [4.69, 9.17) is 13.9 Å². The lowest BCUT2D eigenvalue weighted by molar-refractivity contribution is -0.130. The van der Waals surface area contributed by atoms with E-state index in [1.165, 1.54) is 11.3 Å². The van der Waals surface area contributed by atoms with E-state index < -0.39 is 6.10 Å². The number of furan rings is 1. The van der Waals surface area contributed by atoms with Crippen LogP contribution in [0.2, 0.25) is 0 Å². The van der Waals surface area contributed by atoms with Gasteiger partial charge in [-0.1, -0.05) is 0 Å². The minimum absolute atomic E-state index is 0.101. The SMILES string of the molecule is C[C@H](OC[C@H]1CCCCO1)C(=O)Nc1nc(-c2ccco2)cs1. The van der Waals surface area contributed by atoms with Gasteiger partial charge in [0.05, 0.1) is 19.0 Å². The van der Waals surface area contributed by atoms with Crippen molar-refractivity contribution in [3.05, 3.63) is 23.8 Å². The van der Waals surface area contributed by atoms with Gasteiger partial charge >= 0.3 is 0 Å². The standard InChI is InChI=1S/C16H20N2O4S/c1-11(22-9-12-5-2-3-7-20-12)15(19)18-16-17-13(10-23-16)14-6-4-8-21-14/h4,6,8,10-12H,2-3,5,7,9H2,1H3,(H,17,18,19)/t11-,12+/m0/s1. The molecule has 0 saturated carbocycles. The normalized spacial score (nSPS) is 19.4. The van der Waals surface area contributed by atoms with Crippen LogP contribution < -0.4 is 5.32 Å². The van der Waals surface area contributed by atoms with Crippen LogP contribution in [-0.4, -0.2) is 36.3 Å².